The second-order valence-electron chi connectivity index (χ2n) is 8.51. The summed E-state index contributed by atoms with van der Waals surface area (Å²) in [5.74, 6) is 1.08. The largest absolute Gasteiger partial charge is 0.299 e. The van der Waals surface area contributed by atoms with Crippen LogP contribution in [0.25, 0.3) is 10.8 Å². The molecule has 0 N–H and O–H groups in total. The summed E-state index contributed by atoms with van der Waals surface area (Å²) in [6.07, 6.45) is 11.0. The van der Waals surface area contributed by atoms with E-state index >= 15 is 0 Å². The molecule has 0 heterocycles. The van der Waals surface area contributed by atoms with Gasteiger partial charge in [-0.2, -0.15) is 0 Å². The highest BCUT2D eigenvalue weighted by Gasteiger charge is 2.53. The number of ketones is 1. The molecule has 5 rings (SSSR count). The summed E-state index contributed by atoms with van der Waals surface area (Å²) < 4.78 is 0. The Hall–Kier alpha value is -1.89. The number of hydrogen-bond acceptors (Lipinski definition) is 1. The first-order valence-electron chi connectivity index (χ1n) is 9.93. The second-order valence-corrected chi connectivity index (χ2v) is 8.51. The van der Waals surface area contributed by atoms with Gasteiger partial charge in [-0.05, 0) is 71.9 Å². The summed E-state index contributed by atoms with van der Waals surface area (Å²) in [5, 5.41) is 2.65. The van der Waals surface area contributed by atoms with E-state index in [2.05, 4.69) is 43.3 Å². The first-order chi connectivity index (χ1) is 12.2. The Morgan fingerprint density at radius 3 is 2.72 bits per heavy atom. The minimum Gasteiger partial charge on any atom is -0.299 e. The minimum atomic E-state index is -0.0649. The molecule has 1 heteroatoms. The fourth-order valence-electron chi connectivity index (χ4n) is 5.53. The third kappa shape index (κ3) is 2.32. The van der Waals surface area contributed by atoms with Gasteiger partial charge in [-0.3, -0.25) is 4.79 Å². The average Bonchev–Trinajstić information content (AvgIpc) is 3.21. The summed E-state index contributed by atoms with van der Waals surface area (Å²) in [6, 6.07) is 11.6. The summed E-state index contributed by atoms with van der Waals surface area (Å²) in [4.78, 5) is 13.1. The second kappa shape index (κ2) is 5.56. The quantitative estimate of drug-likeness (QED) is 0.672. The van der Waals surface area contributed by atoms with Gasteiger partial charge < -0.3 is 0 Å². The number of Topliss-reactive ketones (excluding diaryl/α,β-unsaturated/α-hetero) is 1. The fraction of sp³-hybridized carbons (Fsp3) is 0.458. The lowest BCUT2D eigenvalue weighted by Gasteiger charge is -2.39. The van der Waals surface area contributed by atoms with Gasteiger partial charge in [0.05, 0.1) is 0 Å². The normalized spacial score (nSPS) is 27.2. The zero-order valence-electron chi connectivity index (χ0n) is 15.1. The Morgan fingerprint density at radius 2 is 1.96 bits per heavy atom. The van der Waals surface area contributed by atoms with E-state index in [4.69, 9.17) is 0 Å². The van der Waals surface area contributed by atoms with Crippen molar-refractivity contribution in [2.75, 3.05) is 0 Å². The van der Waals surface area contributed by atoms with Crippen LogP contribution in [0.15, 0.2) is 42.0 Å². The summed E-state index contributed by atoms with van der Waals surface area (Å²) >= 11 is 0. The standard InChI is InChI=1S/C24H26O/c1-2-3-4-16-5-7-18-11-20-13-23(25)24(14-17-6-8-22(24)10-17)15-21(20)12-19(18)9-16/h5-7,9,11-12,22H,2-4,8,10,13-15H2,1H3. The Kier molecular flexibility index (Phi) is 3.42. The molecule has 2 aromatic carbocycles. The van der Waals surface area contributed by atoms with E-state index in [9.17, 15) is 4.79 Å². The molecule has 2 bridgehead atoms. The number of benzene rings is 2. The fourth-order valence-corrected chi connectivity index (χ4v) is 5.53. The van der Waals surface area contributed by atoms with E-state index in [-0.39, 0.29) is 5.41 Å². The topological polar surface area (TPSA) is 17.1 Å². The van der Waals surface area contributed by atoms with Crippen molar-refractivity contribution in [1.82, 2.24) is 0 Å². The molecule has 0 amide bonds. The van der Waals surface area contributed by atoms with Gasteiger partial charge in [-0.1, -0.05) is 55.3 Å². The van der Waals surface area contributed by atoms with Crippen LogP contribution in [0.4, 0.5) is 0 Å². The molecule has 0 aliphatic heterocycles. The molecule has 1 saturated carbocycles. The van der Waals surface area contributed by atoms with Crippen molar-refractivity contribution < 1.29 is 4.79 Å². The Morgan fingerprint density at radius 1 is 1.08 bits per heavy atom. The van der Waals surface area contributed by atoms with E-state index in [1.165, 1.54) is 53.1 Å². The van der Waals surface area contributed by atoms with Crippen LogP contribution in [0.3, 0.4) is 0 Å². The van der Waals surface area contributed by atoms with E-state index < -0.39 is 0 Å². The van der Waals surface area contributed by atoms with Crippen LogP contribution >= 0.6 is 0 Å². The smallest absolute Gasteiger partial charge is 0.144 e. The van der Waals surface area contributed by atoms with Gasteiger partial charge in [-0.15, -0.1) is 0 Å². The highest BCUT2D eigenvalue weighted by molar-refractivity contribution is 5.93. The third-order valence-corrected chi connectivity index (χ3v) is 6.98. The van der Waals surface area contributed by atoms with E-state index in [0.29, 0.717) is 18.1 Å². The first-order valence-corrected chi connectivity index (χ1v) is 9.93. The molecule has 2 unspecified atom stereocenters. The molecule has 3 aliphatic carbocycles. The van der Waals surface area contributed by atoms with Crippen molar-refractivity contribution >= 4 is 16.6 Å². The van der Waals surface area contributed by atoms with Gasteiger partial charge in [0.1, 0.15) is 5.78 Å². The molecule has 0 saturated heterocycles. The van der Waals surface area contributed by atoms with Crippen molar-refractivity contribution in [2.24, 2.45) is 11.3 Å². The molecular weight excluding hydrogens is 304 g/mol. The minimum absolute atomic E-state index is 0.0649. The van der Waals surface area contributed by atoms with Gasteiger partial charge in [0.2, 0.25) is 0 Å². The number of fused-ring (bicyclic) bond motifs is 5. The molecule has 25 heavy (non-hydrogen) atoms. The van der Waals surface area contributed by atoms with Crippen LogP contribution < -0.4 is 0 Å². The van der Waals surface area contributed by atoms with E-state index in [1.807, 2.05) is 0 Å². The molecule has 128 valence electrons. The number of unbranched alkanes of at least 4 members (excludes halogenated alkanes) is 1. The maximum Gasteiger partial charge on any atom is 0.144 e. The maximum absolute atomic E-state index is 13.1. The first kappa shape index (κ1) is 15.4. The van der Waals surface area contributed by atoms with Gasteiger partial charge in [0.25, 0.3) is 0 Å². The lowest BCUT2D eigenvalue weighted by Crippen LogP contribution is -2.42. The third-order valence-electron chi connectivity index (χ3n) is 6.98. The van der Waals surface area contributed by atoms with Crippen LogP contribution in [0.2, 0.25) is 0 Å². The van der Waals surface area contributed by atoms with Crippen LogP contribution in [-0.4, -0.2) is 5.78 Å². The van der Waals surface area contributed by atoms with Crippen molar-refractivity contribution in [3.63, 3.8) is 0 Å². The van der Waals surface area contributed by atoms with Gasteiger partial charge in [-0.25, -0.2) is 0 Å². The Labute approximate surface area is 150 Å². The van der Waals surface area contributed by atoms with Crippen molar-refractivity contribution in [3.8, 4) is 0 Å². The molecule has 2 atom stereocenters. The maximum atomic E-state index is 13.1. The number of carbonyl (C=O) groups is 1. The number of carbonyl (C=O) groups excluding carboxylic acids is 1. The molecule has 1 spiro atoms. The average molecular weight is 330 g/mol. The predicted molar refractivity (Wildman–Crippen MR) is 103 cm³/mol. The number of hydrogen-bond donors (Lipinski definition) is 0. The van der Waals surface area contributed by atoms with Crippen LogP contribution in [-0.2, 0) is 24.1 Å². The lowest BCUT2D eigenvalue weighted by atomic mass is 9.63. The van der Waals surface area contributed by atoms with Gasteiger partial charge >= 0.3 is 0 Å². The highest BCUT2D eigenvalue weighted by atomic mass is 16.1. The molecule has 2 aromatic rings. The van der Waals surface area contributed by atoms with Crippen molar-refractivity contribution in [2.45, 2.75) is 58.3 Å². The van der Waals surface area contributed by atoms with E-state index in [0.717, 1.165) is 19.3 Å². The molecule has 1 nitrogen and oxygen atoms in total. The monoisotopic (exact) mass is 330 g/mol. The number of allylic oxidation sites excluding steroid dienone is 2. The summed E-state index contributed by atoms with van der Waals surface area (Å²) in [6.45, 7) is 2.25. The number of aryl methyl sites for hydroxylation is 1. The molecule has 0 aromatic heterocycles. The summed E-state index contributed by atoms with van der Waals surface area (Å²) in [5.41, 5.74) is 5.64. The van der Waals surface area contributed by atoms with Crippen LogP contribution in [0.1, 0.15) is 55.7 Å². The zero-order chi connectivity index (χ0) is 17.0. The Bertz CT molecular complexity index is 904. The van der Waals surface area contributed by atoms with Crippen LogP contribution in [0, 0.1) is 11.3 Å². The SMILES string of the molecule is CCCCc1ccc2cc3c(cc2c1)CC1(CC2=CCC1C2)C(=O)C3. The van der Waals surface area contributed by atoms with Gasteiger partial charge in [0.15, 0.2) is 0 Å². The predicted octanol–water partition coefficient (Wildman–Crippen LogP) is 5.58. The van der Waals surface area contributed by atoms with Gasteiger partial charge in [0, 0.05) is 11.8 Å². The van der Waals surface area contributed by atoms with Crippen molar-refractivity contribution in [3.05, 3.63) is 58.7 Å². The summed E-state index contributed by atoms with van der Waals surface area (Å²) in [7, 11) is 0. The van der Waals surface area contributed by atoms with Crippen molar-refractivity contribution in [1.29, 1.82) is 0 Å². The zero-order valence-corrected chi connectivity index (χ0v) is 15.1. The highest BCUT2D eigenvalue weighted by Crippen LogP contribution is 2.57. The van der Waals surface area contributed by atoms with Crippen LogP contribution in [0.5, 0.6) is 0 Å². The molecule has 1 fully saturated rings. The molecule has 3 aliphatic rings. The van der Waals surface area contributed by atoms with E-state index in [1.54, 1.807) is 5.57 Å². The lowest BCUT2D eigenvalue weighted by molar-refractivity contribution is -0.131. The Balaban J connectivity index is 1.54. The number of rotatable bonds is 3. The molecular formula is C24H26O. The molecule has 0 radical (unpaired) electrons.